The summed E-state index contributed by atoms with van der Waals surface area (Å²) in [7, 11) is 1.83. The number of para-hydroxylation sites is 1. The molecule has 3 heterocycles. The first-order valence-electron chi connectivity index (χ1n) is 9.08. The molecule has 1 fully saturated rings. The maximum absolute atomic E-state index is 12.8. The van der Waals surface area contributed by atoms with E-state index in [4.69, 9.17) is 0 Å². The largest absolute Gasteiger partial charge is 0.331 e. The maximum atomic E-state index is 12.8. The van der Waals surface area contributed by atoms with Gasteiger partial charge in [-0.05, 0) is 43.3 Å². The van der Waals surface area contributed by atoms with E-state index in [1.54, 1.807) is 10.8 Å². The van der Waals surface area contributed by atoms with E-state index in [-0.39, 0.29) is 5.56 Å². The van der Waals surface area contributed by atoms with Gasteiger partial charge in [-0.1, -0.05) is 24.6 Å². The number of pyridine rings is 1. The summed E-state index contributed by atoms with van der Waals surface area (Å²) in [5.74, 6) is 0.766. The fraction of sp³-hybridized carbons (Fsp3) is 0.400. The summed E-state index contributed by atoms with van der Waals surface area (Å²) in [5.41, 5.74) is 1.62. The quantitative estimate of drug-likeness (QED) is 0.797. The normalized spacial score (nSPS) is 17.9. The van der Waals surface area contributed by atoms with Crippen molar-refractivity contribution in [3.63, 3.8) is 0 Å². The van der Waals surface area contributed by atoms with Crippen LogP contribution in [0.1, 0.15) is 25.7 Å². The lowest BCUT2D eigenvalue weighted by Gasteiger charge is -2.23. The van der Waals surface area contributed by atoms with Crippen LogP contribution in [0.3, 0.4) is 0 Å². The molecule has 0 bridgehead atoms. The minimum atomic E-state index is 0.00180. The molecule has 0 saturated carbocycles. The van der Waals surface area contributed by atoms with E-state index in [0.29, 0.717) is 11.6 Å². The number of nitrogens with zero attached hydrogens (tertiary/aromatic N) is 3. The Hall–Kier alpha value is -2.40. The highest BCUT2D eigenvalue weighted by atomic mass is 16.1. The van der Waals surface area contributed by atoms with Crippen molar-refractivity contribution < 1.29 is 0 Å². The van der Waals surface area contributed by atoms with E-state index < -0.39 is 0 Å². The van der Waals surface area contributed by atoms with E-state index in [2.05, 4.69) is 14.9 Å². The third-order valence-corrected chi connectivity index (χ3v) is 5.22. The van der Waals surface area contributed by atoms with Crippen LogP contribution in [0.5, 0.6) is 0 Å². The van der Waals surface area contributed by atoms with Gasteiger partial charge in [-0.25, -0.2) is 4.98 Å². The molecule has 0 amide bonds. The van der Waals surface area contributed by atoms with E-state index >= 15 is 0 Å². The van der Waals surface area contributed by atoms with Gasteiger partial charge in [0, 0.05) is 32.0 Å². The summed E-state index contributed by atoms with van der Waals surface area (Å²) in [6, 6.07) is 10.5. The summed E-state index contributed by atoms with van der Waals surface area (Å²) < 4.78 is 3.83. The van der Waals surface area contributed by atoms with Crippen LogP contribution in [0.15, 0.2) is 47.5 Å². The fourth-order valence-corrected chi connectivity index (χ4v) is 3.78. The molecule has 0 spiro atoms. The first-order chi connectivity index (χ1) is 12.2. The van der Waals surface area contributed by atoms with Gasteiger partial charge in [0.2, 0.25) is 0 Å². The average molecular weight is 336 g/mol. The number of fused-ring (bicyclic) bond motifs is 1. The van der Waals surface area contributed by atoms with Crippen LogP contribution < -0.4 is 10.9 Å². The Labute approximate surface area is 147 Å². The van der Waals surface area contributed by atoms with Gasteiger partial charge in [0.15, 0.2) is 0 Å². The number of hydrogen-bond donors (Lipinski definition) is 1. The lowest BCUT2D eigenvalue weighted by Crippen LogP contribution is -2.34. The van der Waals surface area contributed by atoms with E-state index in [9.17, 15) is 4.79 Å². The Morgan fingerprint density at radius 1 is 1.28 bits per heavy atom. The lowest BCUT2D eigenvalue weighted by molar-refractivity contribution is 0.367. The first kappa shape index (κ1) is 16.1. The molecule has 1 N–H and O–H groups in total. The van der Waals surface area contributed by atoms with Crippen molar-refractivity contribution in [3.8, 4) is 11.4 Å². The second-order valence-corrected chi connectivity index (χ2v) is 6.86. The zero-order valence-corrected chi connectivity index (χ0v) is 14.6. The summed E-state index contributed by atoms with van der Waals surface area (Å²) in [6.45, 7) is 2.00. The third kappa shape index (κ3) is 3.12. The molecule has 1 aliphatic heterocycles. The van der Waals surface area contributed by atoms with Gasteiger partial charge in [-0.15, -0.1) is 0 Å². The molecule has 5 heteroatoms. The highest BCUT2D eigenvalue weighted by Crippen LogP contribution is 2.20. The number of imidazole rings is 1. The SMILES string of the molecule is Cn1c(=O)c(-c2nccn2CCC2CCCCN2)cc2ccccc21. The van der Waals surface area contributed by atoms with Crippen molar-refractivity contribution in [2.75, 3.05) is 6.54 Å². The Balaban J connectivity index is 1.66. The molecule has 3 aromatic rings. The number of rotatable bonds is 4. The number of benzene rings is 1. The van der Waals surface area contributed by atoms with Crippen LogP contribution in [0.4, 0.5) is 0 Å². The molecule has 2 aromatic heterocycles. The van der Waals surface area contributed by atoms with Crippen LogP contribution in [-0.4, -0.2) is 26.7 Å². The van der Waals surface area contributed by atoms with Crippen molar-refractivity contribution in [3.05, 3.63) is 53.1 Å². The van der Waals surface area contributed by atoms with Gasteiger partial charge in [0.1, 0.15) is 5.82 Å². The monoisotopic (exact) mass is 336 g/mol. The van der Waals surface area contributed by atoms with Gasteiger partial charge >= 0.3 is 0 Å². The standard InChI is InChI=1S/C20H24N4O/c1-23-18-8-3-2-6-15(18)14-17(20(23)25)19-22-11-13-24(19)12-9-16-7-4-5-10-21-16/h2-3,6,8,11,13-14,16,21H,4-5,7,9-10,12H2,1H3. The Bertz CT molecular complexity index is 934. The average Bonchev–Trinajstić information content (AvgIpc) is 3.12. The highest BCUT2D eigenvalue weighted by molar-refractivity contribution is 5.83. The maximum Gasteiger partial charge on any atom is 0.261 e. The topological polar surface area (TPSA) is 51.9 Å². The number of aromatic nitrogens is 3. The molecule has 4 rings (SSSR count). The second kappa shape index (κ2) is 6.84. The predicted molar refractivity (Wildman–Crippen MR) is 101 cm³/mol. The lowest BCUT2D eigenvalue weighted by atomic mass is 10.0. The Kier molecular flexibility index (Phi) is 4.40. The molecular weight excluding hydrogens is 312 g/mol. The minimum Gasteiger partial charge on any atom is -0.331 e. The van der Waals surface area contributed by atoms with Crippen molar-refractivity contribution >= 4 is 10.9 Å². The molecule has 1 atom stereocenters. The smallest absolute Gasteiger partial charge is 0.261 e. The molecule has 1 aliphatic rings. The van der Waals surface area contributed by atoms with Gasteiger partial charge in [0.05, 0.1) is 11.1 Å². The van der Waals surface area contributed by atoms with Crippen molar-refractivity contribution in [1.82, 2.24) is 19.4 Å². The van der Waals surface area contributed by atoms with Gasteiger partial charge in [0.25, 0.3) is 5.56 Å². The number of nitrogens with one attached hydrogen (secondary N) is 1. The van der Waals surface area contributed by atoms with Crippen LogP contribution in [0, 0.1) is 0 Å². The van der Waals surface area contributed by atoms with Crippen molar-refractivity contribution in [1.29, 1.82) is 0 Å². The number of aryl methyl sites for hydroxylation is 2. The van der Waals surface area contributed by atoms with Gasteiger partial charge in [-0.3, -0.25) is 4.79 Å². The van der Waals surface area contributed by atoms with Crippen LogP contribution >= 0.6 is 0 Å². The van der Waals surface area contributed by atoms with Crippen molar-refractivity contribution in [2.24, 2.45) is 7.05 Å². The zero-order valence-electron chi connectivity index (χ0n) is 14.6. The summed E-state index contributed by atoms with van der Waals surface area (Å²) in [4.78, 5) is 17.3. The van der Waals surface area contributed by atoms with Crippen LogP contribution in [0.2, 0.25) is 0 Å². The molecule has 1 aromatic carbocycles. The molecular formula is C20H24N4O. The fourth-order valence-electron chi connectivity index (χ4n) is 3.78. The first-order valence-corrected chi connectivity index (χ1v) is 9.08. The molecule has 0 radical (unpaired) electrons. The van der Waals surface area contributed by atoms with Gasteiger partial charge in [-0.2, -0.15) is 0 Å². The summed E-state index contributed by atoms with van der Waals surface area (Å²) >= 11 is 0. The highest BCUT2D eigenvalue weighted by Gasteiger charge is 2.16. The van der Waals surface area contributed by atoms with E-state index in [1.165, 1.54) is 19.3 Å². The minimum absolute atomic E-state index is 0.00180. The molecule has 1 saturated heterocycles. The third-order valence-electron chi connectivity index (χ3n) is 5.22. The predicted octanol–water partition coefficient (Wildman–Crippen LogP) is 2.93. The molecule has 130 valence electrons. The van der Waals surface area contributed by atoms with Crippen molar-refractivity contribution in [2.45, 2.75) is 38.3 Å². The Morgan fingerprint density at radius 2 is 2.16 bits per heavy atom. The van der Waals surface area contributed by atoms with E-state index in [0.717, 1.165) is 36.2 Å². The summed E-state index contributed by atoms with van der Waals surface area (Å²) in [6.07, 6.45) is 8.66. The van der Waals surface area contributed by atoms with Crippen LogP contribution in [0.25, 0.3) is 22.3 Å². The second-order valence-electron chi connectivity index (χ2n) is 6.86. The molecule has 5 nitrogen and oxygen atoms in total. The molecule has 25 heavy (non-hydrogen) atoms. The molecule has 0 aliphatic carbocycles. The zero-order chi connectivity index (χ0) is 17.2. The Morgan fingerprint density at radius 3 is 3.00 bits per heavy atom. The number of piperidine rings is 1. The van der Waals surface area contributed by atoms with Crippen LogP contribution in [-0.2, 0) is 13.6 Å². The summed E-state index contributed by atoms with van der Waals surface area (Å²) in [5, 5.41) is 4.64. The number of hydrogen-bond acceptors (Lipinski definition) is 3. The molecule has 1 unspecified atom stereocenters. The van der Waals surface area contributed by atoms with Gasteiger partial charge < -0.3 is 14.5 Å². The van der Waals surface area contributed by atoms with E-state index in [1.807, 2.05) is 43.6 Å².